The lowest BCUT2D eigenvalue weighted by Crippen LogP contribution is -2.12. The van der Waals surface area contributed by atoms with E-state index in [-0.39, 0.29) is 11.7 Å². The third kappa shape index (κ3) is 3.15. The molecule has 0 unspecified atom stereocenters. The fraction of sp³-hybridized carbons (Fsp3) is 0.158. The number of aryl methyl sites for hydroxylation is 3. The maximum atomic E-state index is 12.3. The molecule has 1 aromatic heterocycles. The van der Waals surface area contributed by atoms with Crippen LogP contribution in [0.5, 0.6) is 5.75 Å². The Morgan fingerprint density at radius 3 is 2.54 bits per heavy atom. The number of nitrogens with one attached hydrogen (secondary N) is 2. The van der Waals surface area contributed by atoms with Gasteiger partial charge in [-0.2, -0.15) is 5.10 Å². The van der Waals surface area contributed by atoms with Crippen molar-refractivity contribution in [2.24, 2.45) is 0 Å². The Morgan fingerprint density at radius 2 is 1.83 bits per heavy atom. The number of nitrogens with zero attached hydrogens (tertiary/aromatic N) is 1. The van der Waals surface area contributed by atoms with Crippen molar-refractivity contribution in [3.8, 4) is 17.0 Å². The fourth-order valence-electron chi connectivity index (χ4n) is 2.45. The molecule has 2 aromatic carbocycles. The predicted octanol–water partition coefficient (Wildman–Crippen LogP) is 3.96. The SMILES string of the molecule is Cc1ccc(-c2cc(C(=O)Nc3ccc(C)c(C)c3)[nH]n2)c(O)c1. The van der Waals surface area contributed by atoms with Crippen LogP contribution >= 0.6 is 0 Å². The van der Waals surface area contributed by atoms with E-state index in [1.54, 1.807) is 18.2 Å². The summed E-state index contributed by atoms with van der Waals surface area (Å²) in [5.74, 6) is -0.133. The largest absolute Gasteiger partial charge is 0.507 e. The zero-order chi connectivity index (χ0) is 17.3. The number of aromatic nitrogens is 2. The van der Waals surface area contributed by atoms with E-state index in [4.69, 9.17) is 0 Å². The number of aromatic hydroxyl groups is 1. The standard InChI is InChI=1S/C19H19N3O2/c1-11-4-7-15(18(23)8-11)16-10-17(22-21-16)19(24)20-14-6-5-12(2)13(3)9-14/h4-10,23H,1-3H3,(H,20,24)(H,21,22). The molecule has 122 valence electrons. The van der Waals surface area contributed by atoms with Crippen molar-refractivity contribution < 1.29 is 9.90 Å². The highest BCUT2D eigenvalue weighted by Gasteiger charge is 2.13. The van der Waals surface area contributed by atoms with Crippen LogP contribution in [0.2, 0.25) is 0 Å². The van der Waals surface area contributed by atoms with E-state index in [9.17, 15) is 9.90 Å². The molecular formula is C19H19N3O2. The van der Waals surface area contributed by atoms with E-state index in [0.717, 1.165) is 16.8 Å². The van der Waals surface area contributed by atoms with Gasteiger partial charge in [0.25, 0.3) is 5.91 Å². The summed E-state index contributed by atoms with van der Waals surface area (Å²) in [4.78, 5) is 12.3. The Morgan fingerprint density at radius 1 is 1.04 bits per heavy atom. The molecule has 3 rings (SSSR count). The Hall–Kier alpha value is -3.08. The molecule has 5 nitrogen and oxygen atoms in total. The minimum Gasteiger partial charge on any atom is -0.507 e. The van der Waals surface area contributed by atoms with E-state index >= 15 is 0 Å². The van der Waals surface area contributed by atoms with E-state index in [2.05, 4.69) is 15.5 Å². The first-order valence-electron chi connectivity index (χ1n) is 7.68. The van der Waals surface area contributed by atoms with Crippen LogP contribution in [-0.4, -0.2) is 21.2 Å². The first-order valence-corrected chi connectivity index (χ1v) is 7.68. The number of carbonyl (C=O) groups excluding carboxylic acids is 1. The third-order valence-corrected chi connectivity index (χ3v) is 4.02. The maximum absolute atomic E-state index is 12.3. The first-order chi connectivity index (χ1) is 11.4. The predicted molar refractivity (Wildman–Crippen MR) is 94.3 cm³/mol. The Kier molecular flexibility index (Phi) is 4.08. The molecule has 0 atom stereocenters. The first kappa shape index (κ1) is 15.8. The van der Waals surface area contributed by atoms with Crippen LogP contribution in [0.15, 0.2) is 42.5 Å². The molecular weight excluding hydrogens is 302 g/mol. The van der Waals surface area contributed by atoms with Gasteiger partial charge < -0.3 is 10.4 Å². The number of aromatic amines is 1. The van der Waals surface area contributed by atoms with Crippen LogP contribution < -0.4 is 5.32 Å². The van der Waals surface area contributed by atoms with E-state index in [1.807, 2.05) is 45.0 Å². The number of phenolic OH excluding ortho intramolecular Hbond substituents is 1. The summed E-state index contributed by atoms with van der Waals surface area (Å²) in [6.45, 7) is 5.92. The highest BCUT2D eigenvalue weighted by molar-refractivity contribution is 6.03. The minimum atomic E-state index is -0.274. The molecule has 1 heterocycles. The average Bonchev–Trinajstić information content (AvgIpc) is 3.01. The van der Waals surface area contributed by atoms with Crippen LogP contribution in [0.25, 0.3) is 11.3 Å². The second-order valence-corrected chi connectivity index (χ2v) is 5.94. The van der Waals surface area contributed by atoms with Gasteiger partial charge in [0.15, 0.2) is 0 Å². The number of H-pyrrole nitrogens is 1. The number of rotatable bonds is 3. The lowest BCUT2D eigenvalue weighted by molar-refractivity contribution is 0.102. The summed E-state index contributed by atoms with van der Waals surface area (Å²) in [6, 6.07) is 12.7. The number of hydrogen-bond donors (Lipinski definition) is 3. The Bertz CT molecular complexity index is 913. The van der Waals surface area contributed by atoms with Crippen LogP contribution in [0.1, 0.15) is 27.2 Å². The fourth-order valence-corrected chi connectivity index (χ4v) is 2.45. The lowest BCUT2D eigenvalue weighted by Gasteiger charge is -2.06. The lowest BCUT2D eigenvalue weighted by atomic mass is 10.1. The van der Waals surface area contributed by atoms with Gasteiger partial charge in [0.1, 0.15) is 11.4 Å². The zero-order valence-electron chi connectivity index (χ0n) is 13.8. The monoisotopic (exact) mass is 321 g/mol. The third-order valence-electron chi connectivity index (χ3n) is 4.02. The van der Waals surface area contributed by atoms with Crippen LogP contribution in [0.3, 0.4) is 0 Å². The van der Waals surface area contributed by atoms with Crippen molar-refractivity contribution in [1.82, 2.24) is 10.2 Å². The van der Waals surface area contributed by atoms with Crippen molar-refractivity contribution in [3.63, 3.8) is 0 Å². The van der Waals surface area contributed by atoms with Gasteiger partial charge >= 0.3 is 0 Å². The molecule has 24 heavy (non-hydrogen) atoms. The van der Waals surface area contributed by atoms with Crippen LogP contribution in [-0.2, 0) is 0 Å². The van der Waals surface area contributed by atoms with Gasteiger partial charge in [0.2, 0.25) is 0 Å². The number of phenols is 1. The van der Waals surface area contributed by atoms with Crippen LogP contribution in [0, 0.1) is 20.8 Å². The number of anilines is 1. The topological polar surface area (TPSA) is 78.0 Å². The second kappa shape index (κ2) is 6.20. The van der Waals surface area contributed by atoms with Crippen molar-refractivity contribution in [1.29, 1.82) is 0 Å². The number of carbonyl (C=O) groups is 1. The van der Waals surface area contributed by atoms with Crippen molar-refractivity contribution in [3.05, 3.63) is 64.8 Å². The highest BCUT2D eigenvalue weighted by atomic mass is 16.3. The molecule has 0 spiro atoms. The molecule has 0 radical (unpaired) electrons. The normalized spacial score (nSPS) is 10.6. The van der Waals surface area contributed by atoms with Gasteiger partial charge in [-0.3, -0.25) is 9.89 Å². The molecule has 0 aliphatic carbocycles. The Labute approximate surface area is 140 Å². The molecule has 5 heteroatoms. The van der Waals surface area contributed by atoms with E-state index in [0.29, 0.717) is 17.0 Å². The Balaban J connectivity index is 1.82. The molecule has 0 bridgehead atoms. The number of benzene rings is 2. The molecule has 3 N–H and O–H groups in total. The van der Waals surface area contributed by atoms with Crippen molar-refractivity contribution in [2.75, 3.05) is 5.32 Å². The molecule has 1 amide bonds. The summed E-state index contributed by atoms with van der Waals surface area (Å²) in [7, 11) is 0. The summed E-state index contributed by atoms with van der Waals surface area (Å²) in [5.41, 5.74) is 5.43. The van der Waals surface area contributed by atoms with E-state index in [1.165, 1.54) is 5.56 Å². The summed E-state index contributed by atoms with van der Waals surface area (Å²) >= 11 is 0. The van der Waals surface area contributed by atoms with Gasteiger partial charge in [-0.05, 0) is 67.8 Å². The number of hydrogen-bond acceptors (Lipinski definition) is 3. The van der Waals surface area contributed by atoms with Crippen molar-refractivity contribution >= 4 is 11.6 Å². The van der Waals surface area contributed by atoms with Crippen LogP contribution in [0.4, 0.5) is 5.69 Å². The van der Waals surface area contributed by atoms with Crippen molar-refractivity contribution in [2.45, 2.75) is 20.8 Å². The molecule has 3 aromatic rings. The van der Waals surface area contributed by atoms with Gasteiger partial charge in [0, 0.05) is 11.3 Å². The molecule has 0 saturated carbocycles. The summed E-state index contributed by atoms with van der Waals surface area (Å²) in [6.07, 6.45) is 0. The minimum absolute atomic E-state index is 0.141. The molecule has 0 aliphatic rings. The smallest absolute Gasteiger partial charge is 0.273 e. The molecule has 0 fully saturated rings. The highest BCUT2D eigenvalue weighted by Crippen LogP contribution is 2.28. The van der Waals surface area contributed by atoms with Gasteiger partial charge in [-0.1, -0.05) is 12.1 Å². The number of amides is 1. The van der Waals surface area contributed by atoms with Gasteiger partial charge in [0.05, 0.1) is 5.69 Å². The summed E-state index contributed by atoms with van der Waals surface area (Å²) in [5, 5.41) is 19.7. The quantitative estimate of drug-likeness (QED) is 0.683. The molecule has 0 saturated heterocycles. The van der Waals surface area contributed by atoms with Gasteiger partial charge in [-0.25, -0.2) is 0 Å². The second-order valence-electron chi connectivity index (χ2n) is 5.94. The van der Waals surface area contributed by atoms with E-state index < -0.39 is 0 Å². The average molecular weight is 321 g/mol. The summed E-state index contributed by atoms with van der Waals surface area (Å²) < 4.78 is 0. The molecule has 0 aliphatic heterocycles. The van der Waals surface area contributed by atoms with Gasteiger partial charge in [-0.15, -0.1) is 0 Å². The maximum Gasteiger partial charge on any atom is 0.273 e. The zero-order valence-corrected chi connectivity index (χ0v) is 13.8.